The lowest BCUT2D eigenvalue weighted by atomic mass is 10.1. The van der Waals surface area contributed by atoms with E-state index in [0.717, 1.165) is 11.1 Å². The summed E-state index contributed by atoms with van der Waals surface area (Å²) in [6.07, 6.45) is 4.61. The van der Waals surface area contributed by atoms with E-state index in [1.807, 2.05) is 43.3 Å². The Hall–Kier alpha value is -4.53. The van der Waals surface area contributed by atoms with Crippen LogP contribution in [0.4, 0.5) is 16.2 Å². The van der Waals surface area contributed by atoms with Gasteiger partial charge in [-0.1, -0.05) is 30.3 Å². The van der Waals surface area contributed by atoms with Crippen LogP contribution in [0.15, 0.2) is 79.5 Å². The Balaban J connectivity index is 1.42. The first-order valence-electron chi connectivity index (χ1n) is 9.91. The van der Waals surface area contributed by atoms with Crippen molar-refractivity contribution in [3.63, 3.8) is 0 Å². The first-order valence-corrected chi connectivity index (χ1v) is 9.91. The number of pyridine rings is 1. The van der Waals surface area contributed by atoms with Gasteiger partial charge in [-0.25, -0.2) is 19.4 Å². The van der Waals surface area contributed by atoms with E-state index in [-0.39, 0.29) is 12.5 Å². The van der Waals surface area contributed by atoms with Gasteiger partial charge in [-0.2, -0.15) is 5.10 Å². The van der Waals surface area contributed by atoms with Gasteiger partial charge in [0, 0.05) is 35.2 Å². The lowest BCUT2D eigenvalue weighted by Gasteiger charge is -2.13. The molecule has 0 aliphatic carbocycles. The zero-order valence-electron chi connectivity index (χ0n) is 17.3. The molecule has 4 rings (SSSR count). The quantitative estimate of drug-likeness (QED) is 0.435. The number of hydrogen-bond donors (Lipinski definition) is 3. The molecule has 2 aromatic heterocycles. The van der Waals surface area contributed by atoms with Crippen molar-refractivity contribution in [1.82, 2.24) is 25.1 Å². The monoisotopic (exact) mass is 427 g/mol. The molecule has 4 aromatic rings. The first-order chi connectivity index (χ1) is 15.6. The summed E-state index contributed by atoms with van der Waals surface area (Å²) in [5.74, 6) is 0.327. The fraction of sp³-hybridized carbons (Fsp3) is 0.0870. The maximum atomic E-state index is 12.6. The Labute approximate surface area is 184 Å². The summed E-state index contributed by atoms with van der Waals surface area (Å²) in [6.45, 7) is 2.10. The summed E-state index contributed by atoms with van der Waals surface area (Å²) in [7, 11) is 0. The predicted molar refractivity (Wildman–Crippen MR) is 121 cm³/mol. The van der Waals surface area contributed by atoms with Crippen LogP contribution in [-0.4, -0.2) is 31.7 Å². The number of amides is 3. The Morgan fingerprint density at radius 3 is 2.62 bits per heavy atom. The highest BCUT2D eigenvalue weighted by molar-refractivity contribution is 6.05. The molecule has 0 bridgehead atoms. The Morgan fingerprint density at radius 1 is 1.00 bits per heavy atom. The molecule has 3 amide bonds. The van der Waals surface area contributed by atoms with E-state index in [0.29, 0.717) is 22.8 Å². The molecular formula is C23H21N7O2. The van der Waals surface area contributed by atoms with E-state index < -0.39 is 6.03 Å². The Morgan fingerprint density at radius 2 is 1.84 bits per heavy atom. The number of urea groups is 1. The number of para-hydroxylation sites is 1. The van der Waals surface area contributed by atoms with Gasteiger partial charge in [-0.05, 0) is 42.8 Å². The van der Waals surface area contributed by atoms with Crippen molar-refractivity contribution < 1.29 is 9.59 Å². The lowest BCUT2D eigenvalue weighted by molar-refractivity contribution is 0.102. The van der Waals surface area contributed by atoms with Crippen molar-refractivity contribution in [2.75, 3.05) is 10.6 Å². The number of nitrogens with one attached hydrogen (secondary N) is 3. The van der Waals surface area contributed by atoms with Gasteiger partial charge in [-0.3, -0.25) is 4.79 Å². The van der Waals surface area contributed by atoms with Gasteiger partial charge in [0.1, 0.15) is 12.7 Å². The van der Waals surface area contributed by atoms with Crippen LogP contribution in [-0.2, 0) is 6.54 Å². The van der Waals surface area contributed by atoms with Crippen LogP contribution in [0.3, 0.4) is 0 Å². The largest absolute Gasteiger partial charge is 0.334 e. The number of rotatable bonds is 6. The molecule has 0 radical (unpaired) electrons. The fourth-order valence-corrected chi connectivity index (χ4v) is 3.06. The minimum absolute atomic E-state index is 0.238. The maximum Gasteiger partial charge on any atom is 0.319 e. The molecule has 0 saturated carbocycles. The van der Waals surface area contributed by atoms with E-state index in [1.165, 1.54) is 11.0 Å². The van der Waals surface area contributed by atoms with Crippen LogP contribution in [0.2, 0.25) is 0 Å². The average Bonchev–Trinajstić information content (AvgIpc) is 3.35. The van der Waals surface area contributed by atoms with Gasteiger partial charge in [-0.15, -0.1) is 0 Å². The van der Waals surface area contributed by atoms with E-state index in [1.54, 1.807) is 36.8 Å². The Bertz CT molecular complexity index is 1220. The van der Waals surface area contributed by atoms with Crippen molar-refractivity contribution in [3.8, 4) is 5.82 Å². The second kappa shape index (κ2) is 9.52. The molecule has 0 unspecified atom stereocenters. The van der Waals surface area contributed by atoms with E-state index in [9.17, 15) is 9.59 Å². The van der Waals surface area contributed by atoms with E-state index in [2.05, 4.69) is 31.0 Å². The number of anilines is 2. The SMILES string of the molecule is Cc1ccc(C(=O)Nc2ccccc2)cc1NC(=O)NCc1cccnc1-n1cncn1. The number of aromatic nitrogens is 4. The van der Waals surface area contributed by atoms with Crippen molar-refractivity contribution in [2.45, 2.75) is 13.5 Å². The summed E-state index contributed by atoms with van der Waals surface area (Å²) in [6, 6.07) is 17.6. The third-order valence-corrected chi connectivity index (χ3v) is 4.72. The molecule has 9 heteroatoms. The van der Waals surface area contributed by atoms with Gasteiger partial charge >= 0.3 is 6.03 Å². The number of carbonyl (C=O) groups excluding carboxylic acids is 2. The molecule has 3 N–H and O–H groups in total. The predicted octanol–water partition coefficient (Wildman–Crippen LogP) is 3.54. The second-order valence-electron chi connectivity index (χ2n) is 6.98. The maximum absolute atomic E-state index is 12.6. The zero-order chi connectivity index (χ0) is 22.3. The van der Waals surface area contributed by atoms with Crippen LogP contribution in [0.5, 0.6) is 0 Å². The second-order valence-corrected chi connectivity index (χ2v) is 6.98. The summed E-state index contributed by atoms with van der Waals surface area (Å²) in [4.78, 5) is 33.3. The number of aryl methyl sites for hydroxylation is 1. The minimum atomic E-state index is -0.401. The molecule has 32 heavy (non-hydrogen) atoms. The lowest BCUT2D eigenvalue weighted by Crippen LogP contribution is -2.29. The molecule has 0 atom stereocenters. The minimum Gasteiger partial charge on any atom is -0.334 e. The topological polar surface area (TPSA) is 114 Å². The highest BCUT2D eigenvalue weighted by Gasteiger charge is 2.12. The smallest absolute Gasteiger partial charge is 0.319 e. The molecular weight excluding hydrogens is 406 g/mol. The summed E-state index contributed by atoms with van der Waals surface area (Å²) in [5, 5.41) is 12.5. The molecule has 9 nitrogen and oxygen atoms in total. The van der Waals surface area contributed by atoms with Gasteiger partial charge in [0.2, 0.25) is 0 Å². The van der Waals surface area contributed by atoms with Crippen molar-refractivity contribution >= 4 is 23.3 Å². The number of carbonyl (C=O) groups is 2. The van der Waals surface area contributed by atoms with Gasteiger partial charge in [0.15, 0.2) is 5.82 Å². The highest BCUT2D eigenvalue weighted by atomic mass is 16.2. The molecule has 0 fully saturated rings. The van der Waals surface area contributed by atoms with Crippen molar-refractivity contribution in [3.05, 3.63) is 96.2 Å². The molecule has 0 spiro atoms. The fourth-order valence-electron chi connectivity index (χ4n) is 3.06. The number of benzene rings is 2. The van der Waals surface area contributed by atoms with Gasteiger partial charge < -0.3 is 16.0 Å². The average molecular weight is 427 g/mol. The first kappa shape index (κ1) is 20.7. The van der Waals surface area contributed by atoms with Crippen LogP contribution in [0.1, 0.15) is 21.5 Å². The molecule has 0 aliphatic heterocycles. The molecule has 0 aliphatic rings. The number of nitrogens with zero attached hydrogens (tertiary/aromatic N) is 4. The van der Waals surface area contributed by atoms with Gasteiger partial charge in [0.05, 0.1) is 0 Å². The third-order valence-electron chi connectivity index (χ3n) is 4.72. The van der Waals surface area contributed by atoms with E-state index in [4.69, 9.17) is 0 Å². The highest BCUT2D eigenvalue weighted by Crippen LogP contribution is 2.18. The van der Waals surface area contributed by atoms with E-state index >= 15 is 0 Å². The number of hydrogen-bond acceptors (Lipinski definition) is 5. The van der Waals surface area contributed by atoms with Crippen LogP contribution in [0.25, 0.3) is 5.82 Å². The molecule has 2 heterocycles. The molecule has 160 valence electrons. The molecule has 0 saturated heterocycles. The van der Waals surface area contributed by atoms with Gasteiger partial charge in [0.25, 0.3) is 5.91 Å². The van der Waals surface area contributed by atoms with Crippen molar-refractivity contribution in [1.29, 1.82) is 0 Å². The standard InChI is InChI=1S/C23H21N7O2/c1-16-9-10-17(22(31)28-19-7-3-2-4-8-19)12-20(16)29-23(32)26-13-18-6-5-11-25-21(18)30-15-24-14-27-30/h2-12,14-15H,13H2,1H3,(H,28,31)(H2,26,29,32). The Kier molecular flexibility index (Phi) is 6.17. The molecule has 2 aromatic carbocycles. The third kappa shape index (κ3) is 4.96. The van der Waals surface area contributed by atoms with Crippen LogP contribution in [0, 0.1) is 6.92 Å². The summed E-state index contributed by atoms with van der Waals surface area (Å²) < 4.78 is 1.54. The van der Waals surface area contributed by atoms with Crippen molar-refractivity contribution in [2.24, 2.45) is 0 Å². The zero-order valence-corrected chi connectivity index (χ0v) is 17.3. The normalized spacial score (nSPS) is 10.4. The van der Waals surface area contributed by atoms with Crippen LogP contribution < -0.4 is 16.0 Å². The summed E-state index contributed by atoms with van der Waals surface area (Å²) in [5.41, 5.74) is 3.30. The summed E-state index contributed by atoms with van der Waals surface area (Å²) >= 11 is 0. The van der Waals surface area contributed by atoms with Crippen LogP contribution >= 0.6 is 0 Å².